The number of hydrogen-bond acceptors (Lipinski definition) is 3. The van der Waals surface area contributed by atoms with Crippen LogP contribution in [-0.4, -0.2) is 22.1 Å². The van der Waals surface area contributed by atoms with E-state index in [4.69, 9.17) is 4.74 Å². The van der Waals surface area contributed by atoms with Crippen molar-refractivity contribution in [2.75, 3.05) is 0 Å². The van der Waals surface area contributed by atoms with Crippen LogP contribution in [0, 0.1) is 6.92 Å². The van der Waals surface area contributed by atoms with Crippen molar-refractivity contribution in [2.45, 2.75) is 32.5 Å². The van der Waals surface area contributed by atoms with Crippen molar-refractivity contribution in [3.05, 3.63) is 113 Å². The van der Waals surface area contributed by atoms with E-state index >= 15 is 0 Å². The Hall–Kier alpha value is -4.09. The molecule has 5 heteroatoms. The third-order valence-electron chi connectivity index (χ3n) is 6.56. The molecule has 0 aliphatic heterocycles. The van der Waals surface area contributed by atoms with Crippen LogP contribution < -0.4 is 10.1 Å². The van der Waals surface area contributed by atoms with Gasteiger partial charge in [0.15, 0.2) is 0 Å². The van der Waals surface area contributed by atoms with Crippen LogP contribution in [0.4, 0.5) is 0 Å². The summed E-state index contributed by atoms with van der Waals surface area (Å²) < 4.78 is 6.28. The summed E-state index contributed by atoms with van der Waals surface area (Å²) in [7, 11) is 0. The molecular weight excluding hydrogens is 436 g/mol. The summed E-state index contributed by atoms with van der Waals surface area (Å²) in [6.07, 6.45) is 2.28. The van der Waals surface area contributed by atoms with E-state index in [1.54, 1.807) is 0 Å². The maximum atomic E-state index is 12.2. The molecule has 4 aromatic carbocycles. The summed E-state index contributed by atoms with van der Waals surface area (Å²) >= 11 is 0. The quantitative estimate of drug-likeness (QED) is 0.250. The number of carbonyl (C=O) groups is 1. The number of nitrogens with one attached hydrogen (secondary N) is 2. The number of benzene rings is 4. The lowest BCUT2D eigenvalue weighted by Gasteiger charge is -2.19. The van der Waals surface area contributed by atoms with Gasteiger partial charge in [0, 0.05) is 35.6 Å². The third-order valence-corrected chi connectivity index (χ3v) is 6.56. The fourth-order valence-corrected chi connectivity index (χ4v) is 4.55. The van der Waals surface area contributed by atoms with Crippen LogP contribution in [0.25, 0.3) is 21.7 Å². The van der Waals surface area contributed by atoms with Crippen molar-refractivity contribution in [2.24, 2.45) is 0 Å². The number of carboxylic acid groups (broad SMARTS) is 1. The van der Waals surface area contributed by atoms with Gasteiger partial charge in [-0.2, -0.15) is 0 Å². The predicted octanol–water partition coefficient (Wildman–Crippen LogP) is 5.99. The molecule has 1 atom stereocenters. The minimum Gasteiger partial charge on any atom is -0.489 e. The van der Waals surface area contributed by atoms with Crippen molar-refractivity contribution >= 4 is 27.6 Å². The highest BCUT2D eigenvalue weighted by Crippen LogP contribution is 2.29. The maximum Gasteiger partial charge on any atom is 0.321 e. The van der Waals surface area contributed by atoms with Gasteiger partial charge in [0.05, 0.1) is 0 Å². The molecule has 1 aromatic heterocycles. The smallest absolute Gasteiger partial charge is 0.321 e. The molecule has 0 aliphatic rings. The molecule has 0 saturated heterocycles. The number of ether oxygens (including phenoxy) is 1. The molecule has 176 valence electrons. The van der Waals surface area contributed by atoms with Crippen LogP contribution >= 0.6 is 0 Å². The van der Waals surface area contributed by atoms with Crippen molar-refractivity contribution in [3.8, 4) is 5.75 Å². The SMILES string of the molecule is Cc1ccccc1COc1ccc2ccccc2c1CN[C@@H](Cc1c[nH]c2ccccc12)C(=O)O. The van der Waals surface area contributed by atoms with E-state index in [9.17, 15) is 9.90 Å². The Morgan fingerprint density at radius 1 is 0.914 bits per heavy atom. The van der Waals surface area contributed by atoms with E-state index < -0.39 is 12.0 Å². The normalized spacial score (nSPS) is 12.1. The van der Waals surface area contributed by atoms with E-state index in [2.05, 4.69) is 41.5 Å². The highest BCUT2D eigenvalue weighted by Gasteiger charge is 2.21. The Morgan fingerprint density at radius 2 is 1.66 bits per heavy atom. The van der Waals surface area contributed by atoms with E-state index in [1.807, 2.05) is 66.9 Å². The van der Waals surface area contributed by atoms with Crippen molar-refractivity contribution in [1.82, 2.24) is 10.3 Å². The maximum absolute atomic E-state index is 12.2. The number of hydrogen-bond donors (Lipinski definition) is 3. The van der Waals surface area contributed by atoms with Crippen LogP contribution in [0.15, 0.2) is 91.1 Å². The first kappa shape index (κ1) is 22.7. The number of fused-ring (bicyclic) bond motifs is 2. The summed E-state index contributed by atoms with van der Waals surface area (Å²) in [4.78, 5) is 15.4. The molecule has 5 nitrogen and oxygen atoms in total. The van der Waals surface area contributed by atoms with Gasteiger partial charge in [-0.25, -0.2) is 0 Å². The minimum atomic E-state index is -0.877. The molecule has 0 fully saturated rings. The van der Waals surface area contributed by atoms with Crippen LogP contribution in [0.1, 0.15) is 22.3 Å². The molecule has 5 aromatic rings. The Kier molecular flexibility index (Phi) is 6.51. The standard InChI is InChI=1S/C30H28N2O3/c1-20-8-2-3-10-22(20)19-35-29-15-14-21-9-4-5-11-24(21)26(29)18-32-28(30(33)34)16-23-17-31-27-13-7-6-12-25(23)27/h2-15,17,28,31-32H,16,18-19H2,1H3,(H,33,34)/t28-/m0/s1. The fraction of sp³-hybridized carbons (Fsp3) is 0.167. The topological polar surface area (TPSA) is 74.3 Å². The second kappa shape index (κ2) is 10.0. The van der Waals surface area contributed by atoms with Gasteiger partial charge in [0.25, 0.3) is 0 Å². The zero-order valence-corrected chi connectivity index (χ0v) is 19.6. The van der Waals surface area contributed by atoms with E-state index in [0.717, 1.165) is 44.1 Å². The van der Waals surface area contributed by atoms with Crippen LogP contribution in [0.2, 0.25) is 0 Å². The predicted molar refractivity (Wildman–Crippen MR) is 140 cm³/mol. The molecule has 0 aliphatic carbocycles. The Balaban J connectivity index is 1.40. The Bertz CT molecular complexity index is 1490. The number of carboxylic acids is 1. The van der Waals surface area contributed by atoms with Gasteiger partial charge in [0.2, 0.25) is 0 Å². The lowest BCUT2D eigenvalue weighted by atomic mass is 10.0. The van der Waals surface area contributed by atoms with Crippen LogP contribution in [-0.2, 0) is 24.4 Å². The minimum absolute atomic E-state index is 0.378. The first-order valence-electron chi connectivity index (χ1n) is 11.8. The van der Waals surface area contributed by atoms with Crippen LogP contribution in [0.5, 0.6) is 5.75 Å². The number of rotatable bonds is 9. The molecular formula is C30H28N2O3. The van der Waals surface area contributed by atoms with E-state index in [1.165, 1.54) is 5.56 Å². The first-order chi connectivity index (χ1) is 17.1. The van der Waals surface area contributed by atoms with Gasteiger partial charge < -0.3 is 14.8 Å². The third kappa shape index (κ3) is 4.91. The zero-order chi connectivity index (χ0) is 24.2. The number of aliphatic carboxylic acids is 1. The summed E-state index contributed by atoms with van der Waals surface area (Å²) in [6, 6.07) is 27.5. The number of para-hydroxylation sites is 1. The molecule has 0 unspecified atom stereocenters. The lowest BCUT2D eigenvalue weighted by molar-refractivity contribution is -0.139. The van der Waals surface area contributed by atoms with Gasteiger partial charge in [0.1, 0.15) is 18.4 Å². The largest absolute Gasteiger partial charge is 0.489 e. The number of aryl methyl sites for hydroxylation is 1. The average Bonchev–Trinajstić information content (AvgIpc) is 3.29. The number of aromatic nitrogens is 1. The van der Waals surface area contributed by atoms with Gasteiger partial charge >= 0.3 is 5.97 Å². The van der Waals surface area contributed by atoms with E-state index in [-0.39, 0.29) is 0 Å². The highest BCUT2D eigenvalue weighted by atomic mass is 16.5. The second-order valence-electron chi connectivity index (χ2n) is 8.81. The fourth-order valence-electron chi connectivity index (χ4n) is 4.55. The van der Waals surface area contributed by atoms with Crippen molar-refractivity contribution in [1.29, 1.82) is 0 Å². The Morgan fingerprint density at radius 3 is 2.49 bits per heavy atom. The van der Waals surface area contributed by atoms with Gasteiger partial charge in [-0.3, -0.25) is 10.1 Å². The van der Waals surface area contributed by atoms with Gasteiger partial charge in [-0.15, -0.1) is 0 Å². The summed E-state index contributed by atoms with van der Waals surface area (Å²) in [5, 5.41) is 16.5. The summed E-state index contributed by atoms with van der Waals surface area (Å²) in [6.45, 7) is 2.91. The molecule has 35 heavy (non-hydrogen) atoms. The summed E-state index contributed by atoms with van der Waals surface area (Å²) in [5.74, 6) is -0.117. The van der Waals surface area contributed by atoms with Gasteiger partial charge in [-0.1, -0.05) is 72.8 Å². The lowest BCUT2D eigenvalue weighted by Crippen LogP contribution is -2.38. The monoisotopic (exact) mass is 464 g/mol. The first-order valence-corrected chi connectivity index (χ1v) is 11.8. The molecule has 0 saturated carbocycles. The number of aromatic amines is 1. The molecule has 0 spiro atoms. The molecule has 0 amide bonds. The molecule has 0 radical (unpaired) electrons. The van der Waals surface area contributed by atoms with E-state index in [0.29, 0.717) is 19.6 Å². The summed E-state index contributed by atoms with van der Waals surface area (Å²) in [5.41, 5.74) is 5.25. The van der Waals surface area contributed by atoms with Crippen molar-refractivity contribution in [3.63, 3.8) is 0 Å². The molecule has 5 rings (SSSR count). The molecule has 3 N–H and O–H groups in total. The Labute approximate surface area is 204 Å². The van der Waals surface area contributed by atoms with Crippen LogP contribution in [0.3, 0.4) is 0 Å². The highest BCUT2D eigenvalue weighted by molar-refractivity contribution is 5.88. The average molecular weight is 465 g/mol. The van der Waals surface area contributed by atoms with Crippen molar-refractivity contribution < 1.29 is 14.6 Å². The second-order valence-corrected chi connectivity index (χ2v) is 8.81. The van der Waals surface area contributed by atoms with Gasteiger partial charge in [-0.05, 0) is 46.5 Å². The molecule has 1 heterocycles. The number of H-pyrrole nitrogens is 1. The molecule has 0 bridgehead atoms. The zero-order valence-electron chi connectivity index (χ0n) is 19.6.